The van der Waals surface area contributed by atoms with Gasteiger partial charge in [-0.15, -0.1) is 11.3 Å². The summed E-state index contributed by atoms with van der Waals surface area (Å²) in [5, 5.41) is 1.92. The van der Waals surface area contributed by atoms with Crippen LogP contribution in [0.1, 0.15) is 43.5 Å². The molecule has 1 atom stereocenters. The standard InChI is InChI=1S/C24H17F6NOS/c25-23(26,27)17-5-1-15(2-6-17)20(32)9-12-31-13-10-21-19(11-14-33-21)22(31)16-3-7-18(8-4-16)24(28,29)30/h1-9,11-12,14,22H,10,13H2. The van der Waals surface area contributed by atoms with E-state index in [9.17, 15) is 31.1 Å². The number of nitrogens with zero attached hydrogens (tertiary/aromatic N) is 1. The van der Waals surface area contributed by atoms with Gasteiger partial charge >= 0.3 is 12.4 Å². The zero-order valence-electron chi connectivity index (χ0n) is 17.0. The Hall–Kier alpha value is -3.07. The Bertz CT molecular complexity index is 1160. The van der Waals surface area contributed by atoms with E-state index in [4.69, 9.17) is 0 Å². The molecule has 0 fully saturated rings. The number of carbonyl (C=O) groups is 1. The van der Waals surface area contributed by atoms with E-state index in [0.29, 0.717) is 18.5 Å². The molecule has 0 radical (unpaired) electrons. The number of rotatable bonds is 4. The van der Waals surface area contributed by atoms with Gasteiger partial charge in [-0.3, -0.25) is 4.79 Å². The Balaban J connectivity index is 1.59. The molecule has 1 aliphatic heterocycles. The first-order valence-corrected chi connectivity index (χ1v) is 10.8. The quantitative estimate of drug-likeness (QED) is 0.225. The fraction of sp³-hybridized carbons (Fsp3) is 0.208. The minimum Gasteiger partial charge on any atom is -0.366 e. The average Bonchev–Trinajstić information content (AvgIpc) is 3.25. The molecule has 0 aliphatic carbocycles. The summed E-state index contributed by atoms with van der Waals surface area (Å²) >= 11 is 1.57. The van der Waals surface area contributed by atoms with Gasteiger partial charge in [0.15, 0.2) is 5.78 Å². The molecule has 0 bridgehead atoms. The minimum atomic E-state index is -4.49. The molecule has 0 saturated carbocycles. The summed E-state index contributed by atoms with van der Waals surface area (Å²) in [6, 6.07) is 10.4. The summed E-state index contributed by atoms with van der Waals surface area (Å²) in [4.78, 5) is 15.5. The number of hydrogen-bond donors (Lipinski definition) is 0. The van der Waals surface area contributed by atoms with E-state index >= 15 is 0 Å². The zero-order valence-corrected chi connectivity index (χ0v) is 17.8. The molecule has 9 heteroatoms. The molecular formula is C24H17F6NOS. The lowest BCUT2D eigenvalue weighted by atomic mass is 9.93. The Morgan fingerprint density at radius 2 is 1.45 bits per heavy atom. The molecule has 4 rings (SSSR count). The first kappa shape index (κ1) is 23.1. The molecule has 33 heavy (non-hydrogen) atoms. The van der Waals surface area contributed by atoms with Crippen molar-refractivity contribution in [2.75, 3.05) is 6.54 Å². The zero-order chi connectivity index (χ0) is 23.8. The van der Waals surface area contributed by atoms with E-state index in [1.165, 1.54) is 18.2 Å². The summed E-state index contributed by atoms with van der Waals surface area (Å²) in [6.07, 6.45) is -5.38. The normalized spacial score (nSPS) is 16.8. The van der Waals surface area contributed by atoms with Crippen LogP contribution in [0, 0.1) is 0 Å². The second-order valence-electron chi connectivity index (χ2n) is 7.56. The lowest BCUT2D eigenvalue weighted by Crippen LogP contribution is -2.31. The number of allylic oxidation sites excluding steroid dienone is 1. The van der Waals surface area contributed by atoms with Gasteiger partial charge in [-0.2, -0.15) is 26.3 Å². The topological polar surface area (TPSA) is 20.3 Å². The van der Waals surface area contributed by atoms with Gasteiger partial charge in [-0.05, 0) is 53.3 Å². The van der Waals surface area contributed by atoms with Crippen LogP contribution >= 0.6 is 11.3 Å². The number of carbonyl (C=O) groups excluding carboxylic acids is 1. The van der Waals surface area contributed by atoms with E-state index in [0.717, 1.165) is 46.8 Å². The molecule has 1 aromatic heterocycles. The van der Waals surface area contributed by atoms with E-state index in [2.05, 4.69) is 0 Å². The van der Waals surface area contributed by atoms with Gasteiger partial charge in [-0.25, -0.2) is 0 Å². The fourth-order valence-corrected chi connectivity index (χ4v) is 4.71. The molecule has 0 saturated heterocycles. The third kappa shape index (κ3) is 4.98. The van der Waals surface area contributed by atoms with Crippen LogP contribution in [0.2, 0.25) is 0 Å². The molecular weight excluding hydrogens is 464 g/mol. The number of hydrogen-bond acceptors (Lipinski definition) is 3. The summed E-state index contributed by atoms with van der Waals surface area (Å²) in [7, 11) is 0. The summed E-state index contributed by atoms with van der Waals surface area (Å²) < 4.78 is 77.1. The van der Waals surface area contributed by atoms with Crippen LogP contribution in [0.3, 0.4) is 0 Å². The molecule has 2 heterocycles. The monoisotopic (exact) mass is 481 g/mol. The first-order valence-electron chi connectivity index (χ1n) is 9.93. The summed E-state index contributed by atoms with van der Waals surface area (Å²) in [5.74, 6) is -0.467. The van der Waals surface area contributed by atoms with Crippen LogP contribution in [0.4, 0.5) is 26.3 Å². The van der Waals surface area contributed by atoms with Crippen molar-refractivity contribution in [3.8, 4) is 0 Å². The predicted octanol–water partition coefficient (Wildman–Crippen LogP) is 7.13. The second kappa shape index (κ2) is 8.70. The Morgan fingerprint density at radius 1 is 0.879 bits per heavy atom. The number of thiophene rings is 1. The van der Waals surface area contributed by atoms with Crippen molar-refractivity contribution in [1.82, 2.24) is 4.90 Å². The highest BCUT2D eigenvalue weighted by molar-refractivity contribution is 7.10. The third-order valence-corrected chi connectivity index (χ3v) is 6.47. The Morgan fingerprint density at radius 3 is 2.03 bits per heavy atom. The lowest BCUT2D eigenvalue weighted by Gasteiger charge is -2.35. The van der Waals surface area contributed by atoms with E-state index < -0.39 is 29.3 Å². The maximum atomic E-state index is 13.0. The van der Waals surface area contributed by atoms with Crippen molar-refractivity contribution in [1.29, 1.82) is 0 Å². The highest BCUT2D eigenvalue weighted by atomic mass is 32.1. The van der Waals surface area contributed by atoms with Crippen LogP contribution in [0.5, 0.6) is 0 Å². The molecule has 1 unspecified atom stereocenters. The number of ketones is 1. The molecule has 3 aromatic rings. The molecule has 2 nitrogen and oxygen atoms in total. The smallest absolute Gasteiger partial charge is 0.366 e. The summed E-state index contributed by atoms with van der Waals surface area (Å²) in [6.45, 7) is 0.538. The van der Waals surface area contributed by atoms with E-state index in [1.807, 2.05) is 16.3 Å². The van der Waals surface area contributed by atoms with Crippen molar-refractivity contribution >= 4 is 17.1 Å². The maximum Gasteiger partial charge on any atom is 0.416 e. The highest BCUT2D eigenvalue weighted by Gasteiger charge is 2.32. The van der Waals surface area contributed by atoms with Crippen LogP contribution in [0.25, 0.3) is 0 Å². The first-order chi connectivity index (χ1) is 15.5. The maximum absolute atomic E-state index is 13.0. The molecule has 0 N–H and O–H groups in total. The van der Waals surface area contributed by atoms with Crippen molar-refractivity contribution in [3.63, 3.8) is 0 Å². The van der Waals surface area contributed by atoms with Crippen LogP contribution in [-0.2, 0) is 18.8 Å². The fourth-order valence-electron chi connectivity index (χ4n) is 3.80. The highest BCUT2D eigenvalue weighted by Crippen LogP contribution is 2.39. The van der Waals surface area contributed by atoms with Gasteiger partial charge in [0.2, 0.25) is 0 Å². The van der Waals surface area contributed by atoms with Gasteiger partial charge in [0, 0.05) is 29.3 Å². The molecule has 0 amide bonds. The largest absolute Gasteiger partial charge is 0.416 e. The summed E-state index contributed by atoms with van der Waals surface area (Å²) in [5.41, 5.74) is 0.128. The molecule has 172 valence electrons. The Labute approximate surface area is 189 Å². The van der Waals surface area contributed by atoms with Gasteiger partial charge < -0.3 is 4.90 Å². The lowest BCUT2D eigenvalue weighted by molar-refractivity contribution is -0.138. The minimum absolute atomic E-state index is 0.110. The number of benzene rings is 2. The van der Waals surface area contributed by atoms with Gasteiger partial charge in [0.05, 0.1) is 17.2 Å². The predicted molar refractivity (Wildman–Crippen MR) is 113 cm³/mol. The van der Waals surface area contributed by atoms with Crippen LogP contribution < -0.4 is 0 Å². The van der Waals surface area contributed by atoms with Gasteiger partial charge in [0.1, 0.15) is 0 Å². The van der Waals surface area contributed by atoms with Crippen LogP contribution in [0.15, 0.2) is 72.3 Å². The van der Waals surface area contributed by atoms with E-state index in [1.54, 1.807) is 17.5 Å². The van der Waals surface area contributed by atoms with Gasteiger partial charge in [-0.1, -0.05) is 24.3 Å². The van der Waals surface area contributed by atoms with Crippen molar-refractivity contribution in [3.05, 3.63) is 105 Å². The van der Waals surface area contributed by atoms with E-state index in [-0.39, 0.29) is 11.6 Å². The number of halogens is 6. The molecule has 1 aliphatic rings. The van der Waals surface area contributed by atoms with Crippen molar-refractivity contribution in [2.24, 2.45) is 0 Å². The van der Waals surface area contributed by atoms with Crippen molar-refractivity contribution in [2.45, 2.75) is 24.8 Å². The Kier molecular flexibility index (Phi) is 6.09. The van der Waals surface area contributed by atoms with Gasteiger partial charge in [0.25, 0.3) is 0 Å². The molecule has 0 spiro atoms. The second-order valence-corrected chi connectivity index (χ2v) is 8.57. The average molecular weight is 481 g/mol. The number of fused-ring (bicyclic) bond motifs is 1. The SMILES string of the molecule is O=C(C=CN1CCc2sccc2C1c1ccc(C(F)(F)F)cc1)c1ccc(C(F)(F)F)cc1. The third-order valence-electron chi connectivity index (χ3n) is 5.47. The van der Waals surface area contributed by atoms with Crippen molar-refractivity contribution < 1.29 is 31.1 Å². The number of alkyl halides is 6. The molecule has 2 aromatic carbocycles. The van der Waals surface area contributed by atoms with Crippen LogP contribution in [-0.4, -0.2) is 17.2 Å².